The third kappa shape index (κ3) is 45.3. The van der Waals surface area contributed by atoms with Crippen LogP contribution < -0.4 is 5.32 Å². The van der Waals surface area contributed by atoms with Crippen molar-refractivity contribution >= 4 is 5.91 Å². The summed E-state index contributed by atoms with van der Waals surface area (Å²) in [6.07, 6.45) is 63.9. The summed E-state index contributed by atoms with van der Waals surface area (Å²) in [7, 11) is 0. The Kier molecular flexibility index (Phi) is 60.6. The van der Waals surface area contributed by atoms with E-state index in [1.807, 2.05) is 6.08 Å². The van der Waals surface area contributed by atoms with Gasteiger partial charge in [-0.25, -0.2) is 0 Å². The molecule has 3 rings (SSSR count). The molecule has 106 heavy (non-hydrogen) atoms. The number of hydrogen-bond donors (Lipinski definition) is 12. The molecule has 1 amide bonds. The van der Waals surface area contributed by atoms with E-state index in [0.29, 0.717) is 6.42 Å². The Morgan fingerprint density at radius 3 is 1.02 bits per heavy atom. The Morgan fingerprint density at radius 1 is 0.349 bits per heavy atom. The van der Waals surface area contributed by atoms with Crippen molar-refractivity contribution in [3.05, 3.63) is 97.2 Å². The monoisotopic (exact) mass is 1500 g/mol. The van der Waals surface area contributed by atoms with E-state index in [0.717, 1.165) is 103 Å². The van der Waals surface area contributed by atoms with E-state index in [1.54, 1.807) is 6.08 Å². The molecule has 3 aliphatic rings. The van der Waals surface area contributed by atoms with Gasteiger partial charge in [-0.1, -0.05) is 329 Å². The van der Waals surface area contributed by atoms with Crippen LogP contribution in [0.15, 0.2) is 97.2 Å². The summed E-state index contributed by atoms with van der Waals surface area (Å²) in [6.45, 7) is 1.65. The molecule has 3 aliphatic heterocycles. The molecule has 0 bridgehead atoms. The van der Waals surface area contributed by atoms with Gasteiger partial charge in [-0.3, -0.25) is 4.79 Å². The van der Waals surface area contributed by atoms with Gasteiger partial charge in [0.15, 0.2) is 18.9 Å². The largest absolute Gasteiger partial charge is 0.394 e. The zero-order valence-electron chi connectivity index (χ0n) is 65.9. The van der Waals surface area contributed by atoms with E-state index >= 15 is 0 Å². The first-order chi connectivity index (χ1) is 51.8. The lowest BCUT2D eigenvalue weighted by Crippen LogP contribution is -2.66. The van der Waals surface area contributed by atoms with Crippen LogP contribution in [0.3, 0.4) is 0 Å². The molecule has 19 heteroatoms. The molecule has 0 radical (unpaired) electrons. The maximum atomic E-state index is 13.5. The minimum atomic E-state index is -1.98. The third-order valence-electron chi connectivity index (χ3n) is 20.6. The quantitative estimate of drug-likeness (QED) is 0.0199. The van der Waals surface area contributed by atoms with Crippen molar-refractivity contribution in [1.29, 1.82) is 0 Å². The van der Waals surface area contributed by atoms with Crippen LogP contribution in [0.25, 0.3) is 0 Å². The SMILES string of the molecule is CC/C=C\C/C=C\C/C=C\C/C=C\C/C=C\C/C=C\C/C=C\CCCCCCCCCCCC(=O)NC(COC1OC(CO)C(OC2OC(CO)C(OC3OC(CO)C(O)C(O)C3O)C(O)C2O)C(O)C1O)C(O)/C=C/CCCCCCCCCCCCCCCCCCCCCCCCCCCCCC. The number of amides is 1. The Bertz CT molecular complexity index is 2290. The van der Waals surface area contributed by atoms with Gasteiger partial charge in [0, 0.05) is 6.42 Å². The molecule has 0 spiro atoms. The van der Waals surface area contributed by atoms with E-state index in [4.69, 9.17) is 28.4 Å². The molecule has 19 nitrogen and oxygen atoms in total. The molecule has 12 N–H and O–H groups in total. The second-order valence-corrected chi connectivity index (χ2v) is 29.9. The van der Waals surface area contributed by atoms with Crippen molar-refractivity contribution in [3.63, 3.8) is 0 Å². The molecule has 0 aromatic carbocycles. The fraction of sp³-hybridized carbons (Fsp3) is 0.805. The van der Waals surface area contributed by atoms with Crippen LogP contribution in [0.2, 0.25) is 0 Å². The molecule has 0 aliphatic carbocycles. The molecule has 0 aromatic rings. The van der Waals surface area contributed by atoms with Crippen LogP contribution >= 0.6 is 0 Å². The summed E-state index contributed by atoms with van der Waals surface area (Å²) >= 11 is 0. The van der Waals surface area contributed by atoms with Crippen LogP contribution in [-0.2, 0) is 33.2 Å². The molecular weight excluding hydrogens is 1350 g/mol. The van der Waals surface area contributed by atoms with Crippen molar-refractivity contribution in [2.45, 2.75) is 420 Å². The first kappa shape index (κ1) is 96.9. The second kappa shape index (κ2) is 66.3. The molecule has 3 saturated heterocycles. The Hall–Kier alpha value is -3.29. The highest BCUT2D eigenvalue weighted by Gasteiger charge is 2.54. The van der Waals surface area contributed by atoms with Gasteiger partial charge < -0.3 is 89.9 Å². The first-order valence-corrected chi connectivity index (χ1v) is 42.5. The van der Waals surface area contributed by atoms with E-state index in [2.05, 4.69) is 104 Å². The van der Waals surface area contributed by atoms with E-state index in [-0.39, 0.29) is 18.9 Å². The molecule has 3 heterocycles. The van der Waals surface area contributed by atoms with Crippen molar-refractivity contribution in [2.75, 3.05) is 26.4 Å². The fourth-order valence-corrected chi connectivity index (χ4v) is 13.9. The maximum absolute atomic E-state index is 13.5. The molecule has 3 fully saturated rings. The molecule has 614 valence electrons. The standard InChI is InChI=1S/C87H153NO18/c1-3-5-7-9-11-13-15-17-19-21-23-25-27-29-31-33-35-37-39-41-43-45-47-49-51-53-55-57-59-61-63-65-75(93)88-70(71(92)64-62-60-58-56-54-52-50-48-46-44-42-40-38-36-34-32-30-28-26-24-22-20-18-16-14-12-10-8-6-4-2)69-101-85-81(99)78(96)83(73(67-90)103-85)106-87-82(100)79(97)84(74(68-91)104-87)105-86-80(98)77(95)76(94)72(66-89)102-86/h5,7,11,13,17,19,23,25,29,31,35,37,41,43,62,64,70-74,76-87,89-92,94-100H,3-4,6,8-10,12,14-16,18,20-22,24,26-28,30,32-34,36,38-40,42,44-61,63,65-69H2,1-2H3,(H,88,93)/b7-5-,13-11-,19-17-,25-23-,31-29-,37-35-,43-41-,64-62+. The number of rotatable bonds is 67. The van der Waals surface area contributed by atoms with Gasteiger partial charge in [-0.05, 0) is 77.0 Å². The summed E-state index contributed by atoms with van der Waals surface area (Å²) in [4.78, 5) is 13.5. The number of aliphatic hydroxyl groups is 11. The lowest BCUT2D eigenvalue weighted by molar-refractivity contribution is -0.379. The number of unbranched alkanes of at least 4 members (excludes halogenated alkanes) is 37. The topological polar surface area (TPSA) is 307 Å². The predicted octanol–water partition coefficient (Wildman–Crippen LogP) is 15.1. The molecule has 17 unspecified atom stereocenters. The number of allylic oxidation sites excluding steroid dienone is 15. The average Bonchev–Trinajstić information content (AvgIpc) is 0.780. The fourth-order valence-electron chi connectivity index (χ4n) is 13.9. The van der Waals surface area contributed by atoms with Crippen LogP contribution in [0.4, 0.5) is 0 Å². The molecule has 0 aromatic heterocycles. The predicted molar refractivity (Wildman–Crippen MR) is 424 cm³/mol. The van der Waals surface area contributed by atoms with Crippen molar-refractivity contribution < 1.29 is 89.4 Å². The Morgan fingerprint density at radius 2 is 0.651 bits per heavy atom. The number of carbonyl (C=O) groups excluding carboxylic acids is 1. The van der Waals surface area contributed by atoms with E-state index in [1.165, 1.54) is 186 Å². The van der Waals surface area contributed by atoms with Crippen molar-refractivity contribution in [2.24, 2.45) is 0 Å². The number of hydrogen-bond acceptors (Lipinski definition) is 18. The zero-order chi connectivity index (χ0) is 76.7. The summed E-state index contributed by atoms with van der Waals surface area (Å²) in [5, 5.41) is 121. The average molecular weight is 1500 g/mol. The third-order valence-corrected chi connectivity index (χ3v) is 20.6. The summed E-state index contributed by atoms with van der Waals surface area (Å²) < 4.78 is 34.5. The van der Waals surface area contributed by atoms with Gasteiger partial charge >= 0.3 is 0 Å². The minimum Gasteiger partial charge on any atom is -0.394 e. The summed E-state index contributed by atoms with van der Waals surface area (Å²) in [6, 6.07) is -0.985. The normalized spacial score (nSPS) is 26.1. The van der Waals surface area contributed by atoms with Gasteiger partial charge in [0.05, 0.1) is 38.6 Å². The summed E-state index contributed by atoms with van der Waals surface area (Å²) in [5.41, 5.74) is 0. The zero-order valence-corrected chi connectivity index (χ0v) is 65.9. The number of ether oxygens (including phenoxy) is 6. The lowest BCUT2D eigenvalue weighted by Gasteiger charge is -2.48. The van der Waals surface area contributed by atoms with E-state index < -0.39 is 124 Å². The second-order valence-electron chi connectivity index (χ2n) is 29.9. The summed E-state index contributed by atoms with van der Waals surface area (Å²) in [5.74, 6) is -0.282. The van der Waals surface area contributed by atoms with Crippen molar-refractivity contribution in [3.8, 4) is 0 Å². The Balaban J connectivity index is 1.37. The number of aliphatic hydroxyl groups excluding tert-OH is 11. The highest BCUT2D eigenvalue weighted by atomic mass is 16.8. The number of carbonyl (C=O) groups is 1. The molecule has 17 atom stereocenters. The Labute approximate surface area is 641 Å². The van der Waals surface area contributed by atoms with E-state index in [9.17, 15) is 61.0 Å². The molecule has 0 saturated carbocycles. The van der Waals surface area contributed by atoms with Gasteiger partial charge in [0.2, 0.25) is 5.91 Å². The van der Waals surface area contributed by atoms with Gasteiger partial charge in [-0.15, -0.1) is 0 Å². The first-order valence-electron chi connectivity index (χ1n) is 42.5. The highest BCUT2D eigenvalue weighted by molar-refractivity contribution is 5.76. The smallest absolute Gasteiger partial charge is 0.220 e. The molecular formula is C87H153NO18. The highest BCUT2D eigenvalue weighted by Crippen LogP contribution is 2.33. The van der Waals surface area contributed by atoms with Crippen LogP contribution in [0.1, 0.15) is 316 Å². The van der Waals surface area contributed by atoms with Crippen LogP contribution in [0, 0.1) is 0 Å². The van der Waals surface area contributed by atoms with Gasteiger partial charge in [-0.2, -0.15) is 0 Å². The minimum absolute atomic E-state index is 0.231. The van der Waals surface area contributed by atoms with Crippen LogP contribution in [0.5, 0.6) is 0 Å². The van der Waals surface area contributed by atoms with Crippen LogP contribution in [-0.4, -0.2) is 193 Å². The lowest BCUT2D eigenvalue weighted by atomic mass is 9.96. The van der Waals surface area contributed by atoms with Gasteiger partial charge in [0.1, 0.15) is 73.2 Å². The number of nitrogens with one attached hydrogen (secondary N) is 1. The maximum Gasteiger partial charge on any atom is 0.220 e. The van der Waals surface area contributed by atoms with Gasteiger partial charge in [0.25, 0.3) is 0 Å². The van der Waals surface area contributed by atoms with Crippen molar-refractivity contribution in [1.82, 2.24) is 5.32 Å².